The molecule has 2 aromatic rings. The highest BCUT2D eigenvalue weighted by atomic mass is 19.4. The number of alkyl halides is 3. The van der Waals surface area contributed by atoms with E-state index in [0.717, 1.165) is 36.3 Å². The van der Waals surface area contributed by atoms with Crippen molar-refractivity contribution in [2.45, 2.75) is 58.5 Å². The average Bonchev–Trinajstić information content (AvgIpc) is 3.01. The molecule has 2 aromatic heterocycles. The molecule has 27 heavy (non-hydrogen) atoms. The monoisotopic (exact) mass is 382 g/mol. The second-order valence-electron chi connectivity index (χ2n) is 7.26. The SMILES string of the molecule is CCC(CC)C(=O)N1CCCC(c2cc(C(F)(F)F)n3nc(C)cc3n2)C1. The molecule has 1 saturated heterocycles. The molecular weight excluding hydrogens is 357 g/mol. The molecule has 0 spiro atoms. The molecule has 0 saturated carbocycles. The molecule has 1 unspecified atom stereocenters. The normalized spacial score (nSPS) is 18.5. The Kier molecular flexibility index (Phi) is 5.44. The Balaban J connectivity index is 1.93. The number of hydrogen-bond acceptors (Lipinski definition) is 3. The van der Waals surface area contributed by atoms with E-state index >= 15 is 0 Å². The van der Waals surface area contributed by atoms with E-state index in [1.54, 1.807) is 17.9 Å². The number of halogens is 3. The lowest BCUT2D eigenvalue weighted by molar-refractivity contribution is -0.143. The molecule has 0 radical (unpaired) electrons. The van der Waals surface area contributed by atoms with Crippen molar-refractivity contribution in [3.05, 3.63) is 29.2 Å². The van der Waals surface area contributed by atoms with E-state index in [9.17, 15) is 18.0 Å². The van der Waals surface area contributed by atoms with Gasteiger partial charge in [-0.25, -0.2) is 9.50 Å². The lowest BCUT2D eigenvalue weighted by Crippen LogP contribution is -2.42. The highest BCUT2D eigenvalue weighted by Crippen LogP contribution is 2.34. The van der Waals surface area contributed by atoms with Gasteiger partial charge in [0.05, 0.1) is 5.69 Å². The lowest BCUT2D eigenvalue weighted by Gasteiger charge is -2.34. The quantitative estimate of drug-likeness (QED) is 0.796. The Morgan fingerprint density at radius 3 is 2.63 bits per heavy atom. The van der Waals surface area contributed by atoms with Gasteiger partial charge >= 0.3 is 6.18 Å². The van der Waals surface area contributed by atoms with Crippen LogP contribution < -0.4 is 0 Å². The van der Waals surface area contributed by atoms with Crippen molar-refractivity contribution in [1.82, 2.24) is 19.5 Å². The van der Waals surface area contributed by atoms with Crippen LogP contribution in [0.25, 0.3) is 5.65 Å². The first-order valence-electron chi connectivity index (χ1n) is 9.47. The molecule has 1 aliphatic heterocycles. The number of rotatable bonds is 4. The minimum absolute atomic E-state index is 0.0256. The highest BCUT2D eigenvalue weighted by Gasteiger charge is 2.36. The van der Waals surface area contributed by atoms with E-state index in [0.29, 0.717) is 24.5 Å². The first-order valence-corrected chi connectivity index (χ1v) is 9.47. The van der Waals surface area contributed by atoms with E-state index < -0.39 is 11.9 Å². The number of carbonyl (C=O) groups is 1. The maximum atomic E-state index is 13.5. The van der Waals surface area contributed by atoms with E-state index in [1.807, 2.05) is 13.8 Å². The number of likely N-dealkylation sites (tertiary alicyclic amines) is 1. The fourth-order valence-corrected chi connectivity index (χ4v) is 3.83. The number of amides is 1. The second kappa shape index (κ2) is 7.48. The maximum Gasteiger partial charge on any atom is 0.433 e. The van der Waals surface area contributed by atoms with Crippen LogP contribution in [0.3, 0.4) is 0 Å². The molecule has 0 aromatic carbocycles. The van der Waals surface area contributed by atoms with Gasteiger partial charge in [0.15, 0.2) is 5.65 Å². The van der Waals surface area contributed by atoms with Crippen LogP contribution in [0, 0.1) is 12.8 Å². The summed E-state index contributed by atoms with van der Waals surface area (Å²) < 4.78 is 41.4. The fourth-order valence-electron chi connectivity index (χ4n) is 3.83. The Labute approximate surface area is 156 Å². The van der Waals surface area contributed by atoms with E-state index in [-0.39, 0.29) is 23.4 Å². The number of hydrogen-bond donors (Lipinski definition) is 0. The van der Waals surface area contributed by atoms with Crippen molar-refractivity contribution in [3.63, 3.8) is 0 Å². The summed E-state index contributed by atoms with van der Waals surface area (Å²) >= 11 is 0. The summed E-state index contributed by atoms with van der Waals surface area (Å²) in [7, 11) is 0. The van der Waals surface area contributed by atoms with Crippen LogP contribution in [0.2, 0.25) is 0 Å². The van der Waals surface area contributed by atoms with Crippen molar-refractivity contribution in [2.75, 3.05) is 13.1 Å². The standard InChI is InChI=1S/C19H25F3N4O/c1-4-13(5-2)18(27)25-8-6-7-14(11-25)15-10-16(19(20,21)22)26-17(23-15)9-12(3)24-26/h9-10,13-14H,4-8,11H2,1-3H3. The average molecular weight is 382 g/mol. The van der Waals surface area contributed by atoms with Gasteiger partial charge in [-0.1, -0.05) is 13.8 Å². The molecule has 3 rings (SSSR count). The largest absolute Gasteiger partial charge is 0.433 e. The third kappa shape index (κ3) is 3.94. The van der Waals surface area contributed by atoms with Crippen LogP contribution in [0.4, 0.5) is 13.2 Å². The number of fused-ring (bicyclic) bond motifs is 1. The molecule has 1 aliphatic rings. The lowest BCUT2D eigenvalue weighted by atomic mass is 9.92. The van der Waals surface area contributed by atoms with Crippen LogP contribution in [0.15, 0.2) is 12.1 Å². The summed E-state index contributed by atoms with van der Waals surface area (Å²) in [5.41, 5.74) is 0.246. The molecule has 0 bridgehead atoms. The summed E-state index contributed by atoms with van der Waals surface area (Å²) in [5, 5.41) is 3.92. The summed E-state index contributed by atoms with van der Waals surface area (Å²) in [4.78, 5) is 18.9. The minimum atomic E-state index is -4.52. The number of carbonyl (C=O) groups excluding carboxylic acids is 1. The smallest absolute Gasteiger partial charge is 0.342 e. The van der Waals surface area contributed by atoms with Gasteiger partial charge in [-0.2, -0.15) is 18.3 Å². The van der Waals surface area contributed by atoms with Gasteiger partial charge in [-0.05, 0) is 38.7 Å². The summed E-state index contributed by atoms with van der Waals surface area (Å²) in [6.45, 7) is 6.70. The first kappa shape index (κ1) is 19.6. The Hall–Kier alpha value is -2.12. The summed E-state index contributed by atoms with van der Waals surface area (Å²) in [6, 6.07) is 2.64. The molecule has 0 aliphatic carbocycles. The Morgan fingerprint density at radius 1 is 1.30 bits per heavy atom. The minimum Gasteiger partial charge on any atom is -0.342 e. The Morgan fingerprint density at radius 2 is 2.00 bits per heavy atom. The molecule has 1 atom stereocenters. The summed E-state index contributed by atoms with van der Waals surface area (Å²) in [5.74, 6) is -0.122. The third-order valence-electron chi connectivity index (χ3n) is 5.35. The third-order valence-corrected chi connectivity index (χ3v) is 5.35. The summed E-state index contributed by atoms with van der Waals surface area (Å²) in [6.07, 6.45) is -1.49. The zero-order valence-electron chi connectivity index (χ0n) is 15.9. The van der Waals surface area contributed by atoms with Crippen molar-refractivity contribution in [1.29, 1.82) is 0 Å². The van der Waals surface area contributed by atoms with Gasteiger partial charge < -0.3 is 4.90 Å². The van der Waals surface area contributed by atoms with Crippen LogP contribution in [-0.4, -0.2) is 38.5 Å². The zero-order valence-corrected chi connectivity index (χ0v) is 15.9. The van der Waals surface area contributed by atoms with Gasteiger partial charge in [0, 0.05) is 36.7 Å². The molecule has 148 valence electrons. The van der Waals surface area contributed by atoms with E-state index in [2.05, 4.69) is 10.1 Å². The molecule has 3 heterocycles. The zero-order chi connectivity index (χ0) is 19.8. The molecule has 8 heteroatoms. The molecule has 5 nitrogen and oxygen atoms in total. The van der Waals surface area contributed by atoms with Crippen molar-refractivity contribution < 1.29 is 18.0 Å². The number of aryl methyl sites for hydroxylation is 1. The van der Waals surface area contributed by atoms with Crippen molar-refractivity contribution in [3.8, 4) is 0 Å². The maximum absolute atomic E-state index is 13.5. The van der Waals surface area contributed by atoms with Gasteiger partial charge in [0.2, 0.25) is 5.91 Å². The highest BCUT2D eigenvalue weighted by molar-refractivity contribution is 5.79. The predicted octanol–water partition coefficient (Wildman–Crippen LogP) is 4.20. The van der Waals surface area contributed by atoms with Gasteiger partial charge in [-0.3, -0.25) is 4.79 Å². The Bertz CT molecular complexity index is 826. The van der Waals surface area contributed by atoms with Gasteiger partial charge in [0.25, 0.3) is 0 Å². The topological polar surface area (TPSA) is 50.5 Å². The fraction of sp³-hybridized carbons (Fsp3) is 0.632. The van der Waals surface area contributed by atoms with Gasteiger partial charge in [0.1, 0.15) is 5.69 Å². The molecular formula is C19H25F3N4O. The van der Waals surface area contributed by atoms with Crippen molar-refractivity contribution >= 4 is 11.6 Å². The second-order valence-corrected chi connectivity index (χ2v) is 7.26. The first-order chi connectivity index (χ1) is 12.7. The van der Waals surface area contributed by atoms with Crippen LogP contribution in [-0.2, 0) is 11.0 Å². The van der Waals surface area contributed by atoms with E-state index in [4.69, 9.17) is 0 Å². The molecule has 1 fully saturated rings. The van der Waals surface area contributed by atoms with Crippen LogP contribution in [0.5, 0.6) is 0 Å². The number of aromatic nitrogens is 3. The number of nitrogens with zero attached hydrogens (tertiary/aromatic N) is 4. The van der Waals surface area contributed by atoms with Crippen molar-refractivity contribution in [2.24, 2.45) is 5.92 Å². The number of piperidine rings is 1. The molecule has 1 amide bonds. The van der Waals surface area contributed by atoms with E-state index in [1.165, 1.54) is 0 Å². The molecule has 0 N–H and O–H groups in total. The predicted molar refractivity (Wildman–Crippen MR) is 95.4 cm³/mol. The van der Waals surface area contributed by atoms with Crippen LogP contribution >= 0.6 is 0 Å². The van der Waals surface area contributed by atoms with Crippen LogP contribution in [0.1, 0.15) is 62.5 Å². The van der Waals surface area contributed by atoms with Gasteiger partial charge in [-0.15, -0.1) is 0 Å².